The van der Waals surface area contributed by atoms with Crippen molar-refractivity contribution in [3.05, 3.63) is 42.2 Å². The molecular weight excluding hydrogens is 266 g/mol. The highest BCUT2D eigenvalue weighted by Gasteiger charge is 2.20. The molecule has 0 saturated carbocycles. The zero-order valence-corrected chi connectivity index (χ0v) is 12.2. The number of rotatable bonds is 4. The third-order valence-electron chi connectivity index (χ3n) is 3.72. The van der Waals surface area contributed by atoms with Gasteiger partial charge >= 0.3 is 6.03 Å². The molecule has 6 heteroatoms. The molecule has 1 aliphatic rings. The van der Waals surface area contributed by atoms with E-state index in [2.05, 4.69) is 22.7 Å². The molecule has 0 aliphatic carbocycles. The Kier molecular flexibility index (Phi) is 3.51. The van der Waals surface area contributed by atoms with Crippen molar-refractivity contribution < 1.29 is 4.79 Å². The van der Waals surface area contributed by atoms with Crippen molar-refractivity contribution in [3.8, 4) is 0 Å². The molecule has 0 bridgehead atoms. The Bertz CT molecular complexity index is 634. The minimum Gasteiger partial charge on any atom is -0.377 e. The van der Waals surface area contributed by atoms with Gasteiger partial charge in [0.2, 0.25) is 0 Å². The van der Waals surface area contributed by atoms with Crippen molar-refractivity contribution in [2.75, 3.05) is 23.3 Å². The van der Waals surface area contributed by atoms with E-state index in [0.29, 0.717) is 6.54 Å². The van der Waals surface area contributed by atoms with Crippen LogP contribution in [0.3, 0.4) is 0 Å². The lowest BCUT2D eigenvalue weighted by atomic mass is 10.2. The fourth-order valence-corrected chi connectivity index (χ4v) is 2.59. The van der Waals surface area contributed by atoms with E-state index in [9.17, 15) is 4.79 Å². The summed E-state index contributed by atoms with van der Waals surface area (Å²) in [6, 6.07) is 10.0. The summed E-state index contributed by atoms with van der Waals surface area (Å²) in [4.78, 5) is 13.4. The predicted molar refractivity (Wildman–Crippen MR) is 82.4 cm³/mol. The minimum absolute atomic E-state index is 0.0287. The second-order valence-electron chi connectivity index (χ2n) is 5.18. The molecule has 6 nitrogen and oxygen atoms in total. The Morgan fingerprint density at radius 3 is 2.62 bits per heavy atom. The quantitative estimate of drug-likeness (QED) is 0.904. The van der Waals surface area contributed by atoms with E-state index in [1.807, 2.05) is 42.1 Å². The van der Waals surface area contributed by atoms with Crippen LogP contribution in [0.2, 0.25) is 0 Å². The Morgan fingerprint density at radius 2 is 2.05 bits per heavy atom. The molecule has 1 fully saturated rings. The number of nitrogens with one attached hydrogen (secondary N) is 2. The van der Waals surface area contributed by atoms with E-state index in [1.54, 1.807) is 11.1 Å². The smallest absolute Gasteiger partial charge is 0.321 e. The molecule has 2 aromatic rings. The number of amides is 2. The summed E-state index contributed by atoms with van der Waals surface area (Å²) >= 11 is 0. The normalized spacial score (nSPS) is 15.9. The van der Waals surface area contributed by atoms with Crippen molar-refractivity contribution in [2.45, 2.75) is 13.0 Å². The maximum atomic E-state index is 11.6. The minimum atomic E-state index is -0.0287. The number of nitrogens with zero attached hydrogens (tertiary/aromatic N) is 3. The summed E-state index contributed by atoms with van der Waals surface area (Å²) in [7, 11) is 1.93. The molecular formula is C15H19N5O. The molecule has 0 radical (unpaired) electrons. The maximum absolute atomic E-state index is 11.6. The van der Waals surface area contributed by atoms with Gasteiger partial charge in [0.1, 0.15) is 0 Å². The molecule has 1 saturated heterocycles. The molecule has 1 unspecified atom stereocenters. The predicted octanol–water partition coefficient (Wildman–Crippen LogP) is 2.12. The van der Waals surface area contributed by atoms with Gasteiger partial charge in [-0.2, -0.15) is 5.10 Å². The van der Waals surface area contributed by atoms with Gasteiger partial charge in [-0.1, -0.05) is 0 Å². The van der Waals surface area contributed by atoms with Gasteiger partial charge in [-0.25, -0.2) is 4.79 Å². The van der Waals surface area contributed by atoms with Crippen LogP contribution in [0, 0.1) is 0 Å². The van der Waals surface area contributed by atoms with Gasteiger partial charge in [-0.05, 0) is 37.3 Å². The first kappa shape index (κ1) is 13.5. The number of anilines is 2. The van der Waals surface area contributed by atoms with Crippen molar-refractivity contribution in [1.29, 1.82) is 0 Å². The fraction of sp³-hybridized carbons (Fsp3) is 0.333. The molecule has 2 amide bonds. The highest BCUT2D eigenvalue weighted by Crippen LogP contribution is 2.22. The van der Waals surface area contributed by atoms with Crippen molar-refractivity contribution in [3.63, 3.8) is 0 Å². The molecule has 110 valence electrons. The Labute approximate surface area is 123 Å². The molecule has 3 rings (SSSR count). The molecule has 2 heterocycles. The third kappa shape index (κ3) is 2.69. The first-order valence-corrected chi connectivity index (χ1v) is 7.05. The Balaban J connectivity index is 1.70. The number of aryl methyl sites for hydroxylation is 1. The van der Waals surface area contributed by atoms with Crippen molar-refractivity contribution in [2.24, 2.45) is 7.05 Å². The van der Waals surface area contributed by atoms with Gasteiger partial charge < -0.3 is 10.6 Å². The van der Waals surface area contributed by atoms with Crippen LogP contribution in [0.1, 0.15) is 18.7 Å². The van der Waals surface area contributed by atoms with Gasteiger partial charge in [0.05, 0.1) is 11.7 Å². The lowest BCUT2D eigenvalue weighted by Gasteiger charge is -2.18. The first-order chi connectivity index (χ1) is 10.1. The number of hydrogen-bond acceptors (Lipinski definition) is 3. The van der Waals surface area contributed by atoms with Crippen LogP contribution in [-0.4, -0.2) is 28.9 Å². The molecule has 0 spiro atoms. The molecule has 1 aromatic carbocycles. The monoisotopic (exact) mass is 285 g/mol. The van der Waals surface area contributed by atoms with Crippen molar-refractivity contribution in [1.82, 2.24) is 15.1 Å². The zero-order valence-electron chi connectivity index (χ0n) is 12.2. The molecule has 21 heavy (non-hydrogen) atoms. The van der Waals surface area contributed by atoms with E-state index in [0.717, 1.165) is 23.6 Å². The third-order valence-corrected chi connectivity index (χ3v) is 3.72. The first-order valence-electron chi connectivity index (χ1n) is 7.05. The van der Waals surface area contributed by atoms with E-state index in [4.69, 9.17) is 0 Å². The summed E-state index contributed by atoms with van der Waals surface area (Å²) in [6.07, 6.45) is 1.79. The zero-order chi connectivity index (χ0) is 14.8. The number of carbonyl (C=O) groups excluding carboxylic acids is 1. The topological polar surface area (TPSA) is 62.2 Å². The molecule has 1 aromatic heterocycles. The number of aromatic nitrogens is 2. The standard InChI is InChI=1S/C15H19N5O/c1-11(14-7-8-17-19(14)2)18-12-3-5-13(6-4-12)20-10-9-16-15(20)21/h3-8,11,18H,9-10H2,1-2H3,(H,16,21). The number of benzene rings is 1. The molecule has 2 N–H and O–H groups in total. The number of urea groups is 1. The average Bonchev–Trinajstić information content (AvgIpc) is 3.08. The summed E-state index contributed by atoms with van der Waals surface area (Å²) in [5.74, 6) is 0. The van der Waals surface area contributed by atoms with E-state index in [1.165, 1.54) is 0 Å². The van der Waals surface area contributed by atoms with Crippen LogP contribution in [0.5, 0.6) is 0 Å². The highest BCUT2D eigenvalue weighted by atomic mass is 16.2. The summed E-state index contributed by atoms with van der Waals surface area (Å²) in [6.45, 7) is 3.52. The van der Waals surface area contributed by atoms with Gasteiger partial charge in [-0.3, -0.25) is 9.58 Å². The Hall–Kier alpha value is -2.50. The summed E-state index contributed by atoms with van der Waals surface area (Å²) in [5, 5.41) is 10.4. The van der Waals surface area contributed by atoms with Crippen LogP contribution in [0.15, 0.2) is 36.5 Å². The van der Waals surface area contributed by atoms with Gasteiger partial charge in [0.15, 0.2) is 0 Å². The maximum Gasteiger partial charge on any atom is 0.321 e. The number of carbonyl (C=O) groups is 1. The lowest BCUT2D eigenvalue weighted by molar-refractivity contribution is 0.252. The van der Waals surface area contributed by atoms with Crippen LogP contribution in [0.4, 0.5) is 16.2 Å². The summed E-state index contributed by atoms with van der Waals surface area (Å²) < 4.78 is 1.86. The van der Waals surface area contributed by atoms with Crippen LogP contribution in [0.25, 0.3) is 0 Å². The van der Waals surface area contributed by atoms with Gasteiger partial charge in [-0.15, -0.1) is 0 Å². The van der Waals surface area contributed by atoms with E-state index < -0.39 is 0 Å². The largest absolute Gasteiger partial charge is 0.377 e. The van der Waals surface area contributed by atoms with Crippen LogP contribution in [-0.2, 0) is 7.05 Å². The number of hydrogen-bond donors (Lipinski definition) is 2. The molecule has 1 atom stereocenters. The van der Waals surface area contributed by atoms with Gasteiger partial charge in [0.25, 0.3) is 0 Å². The lowest BCUT2D eigenvalue weighted by Crippen LogP contribution is -2.27. The van der Waals surface area contributed by atoms with Crippen LogP contribution < -0.4 is 15.5 Å². The van der Waals surface area contributed by atoms with E-state index >= 15 is 0 Å². The van der Waals surface area contributed by atoms with Crippen molar-refractivity contribution >= 4 is 17.4 Å². The highest BCUT2D eigenvalue weighted by molar-refractivity contribution is 5.94. The second-order valence-corrected chi connectivity index (χ2v) is 5.18. The SMILES string of the molecule is CC(Nc1ccc(N2CCNC2=O)cc1)c1ccnn1C. The van der Waals surface area contributed by atoms with Gasteiger partial charge in [0, 0.05) is 37.7 Å². The summed E-state index contributed by atoms with van der Waals surface area (Å²) in [5.41, 5.74) is 3.06. The van der Waals surface area contributed by atoms with E-state index in [-0.39, 0.29) is 12.1 Å². The second kappa shape index (κ2) is 5.47. The fourth-order valence-electron chi connectivity index (χ4n) is 2.59. The molecule has 1 aliphatic heterocycles. The average molecular weight is 285 g/mol. The Morgan fingerprint density at radius 1 is 1.29 bits per heavy atom. The van der Waals surface area contributed by atoms with Crippen LogP contribution >= 0.6 is 0 Å².